The standard InChI is InChI=1S/C20H21ClN2O5/c1-26-19(24)15-5-3-4-8-23(18(15)20(25)27-2)17-13-14(21)6-7-16(17)22-9-11-28-12-10-22/h3-8,13H,9-12H2,1-2H3. The summed E-state index contributed by atoms with van der Waals surface area (Å²) in [5.41, 5.74) is 1.66. The zero-order chi connectivity index (χ0) is 20.1. The van der Waals surface area contributed by atoms with E-state index < -0.39 is 11.9 Å². The molecular formula is C20H21ClN2O5. The molecule has 1 aromatic carbocycles. The summed E-state index contributed by atoms with van der Waals surface area (Å²) in [4.78, 5) is 28.7. The number of morpholine rings is 1. The Morgan fingerprint density at radius 2 is 1.75 bits per heavy atom. The maximum absolute atomic E-state index is 12.6. The third-order valence-corrected chi connectivity index (χ3v) is 4.67. The summed E-state index contributed by atoms with van der Waals surface area (Å²) in [6.45, 7) is 2.61. The summed E-state index contributed by atoms with van der Waals surface area (Å²) in [5, 5.41) is 0.501. The smallest absolute Gasteiger partial charge is 0.355 e. The minimum atomic E-state index is -0.662. The number of rotatable bonds is 4. The highest BCUT2D eigenvalue weighted by Crippen LogP contribution is 2.37. The molecule has 0 N–H and O–H groups in total. The van der Waals surface area contributed by atoms with Crippen molar-refractivity contribution in [2.24, 2.45) is 0 Å². The number of hydrogen-bond donors (Lipinski definition) is 0. The Balaban J connectivity index is 2.18. The Morgan fingerprint density at radius 1 is 1.04 bits per heavy atom. The highest BCUT2D eigenvalue weighted by molar-refractivity contribution is 6.31. The van der Waals surface area contributed by atoms with Gasteiger partial charge < -0.3 is 24.0 Å². The summed E-state index contributed by atoms with van der Waals surface area (Å²) in [5.74, 6) is -1.30. The van der Waals surface area contributed by atoms with E-state index in [1.807, 2.05) is 6.07 Å². The van der Waals surface area contributed by atoms with Gasteiger partial charge in [0.2, 0.25) is 0 Å². The van der Waals surface area contributed by atoms with Gasteiger partial charge in [0.05, 0.1) is 44.4 Å². The van der Waals surface area contributed by atoms with E-state index in [0.29, 0.717) is 37.0 Å². The van der Waals surface area contributed by atoms with Crippen LogP contribution in [0.3, 0.4) is 0 Å². The first kappa shape index (κ1) is 20.0. The van der Waals surface area contributed by atoms with Crippen molar-refractivity contribution < 1.29 is 23.8 Å². The van der Waals surface area contributed by atoms with Gasteiger partial charge in [0.15, 0.2) is 0 Å². The average molecular weight is 405 g/mol. The number of nitrogens with zero attached hydrogens (tertiary/aromatic N) is 2. The van der Waals surface area contributed by atoms with Gasteiger partial charge in [-0.3, -0.25) is 0 Å². The van der Waals surface area contributed by atoms with Gasteiger partial charge in [0.1, 0.15) is 5.70 Å². The molecule has 7 nitrogen and oxygen atoms in total. The third-order valence-electron chi connectivity index (χ3n) is 4.44. The van der Waals surface area contributed by atoms with E-state index in [1.54, 1.807) is 35.4 Å². The van der Waals surface area contributed by atoms with Crippen LogP contribution >= 0.6 is 11.6 Å². The number of allylic oxidation sites excluding steroid dienone is 2. The lowest BCUT2D eigenvalue weighted by molar-refractivity contribution is -0.139. The molecule has 2 heterocycles. The Hall–Kier alpha value is -2.77. The first-order valence-corrected chi connectivity index (χ1v) is 9.12. The van der Waals surface area contributed by atoms with Crippen LogP contribution in [-0.2, 0) is 23.8 Å². The summed E-state index contributed by atoms with van der Waals surface area (Å²) in [6, 6.07) is 5.43. The quantitative estimate of drug-likeness (QED) is 0.714. The molecule has 2 aliphatic heterocycles. The molecule has 0 saturated carbocycles. The van der Waals surface area contributed by atoms with E-state index in [9.17, 15) is 9.59 Å². The van der Waals surface area contributed by atoms with Crippen LogP contribution < -0.4 is 9.80 Å². The monoisotopic (exact) mass is 404 g/mol. The molecule has 0 aliphatic carbocycles. The molecule has 0 amide bonds. The summed E-state index contributed by atoms with van der Waals surface area (Å²) in [6.07, 6.45) is 6.60. The van der Waals surface area contributed by atoms with Crippen LogP contribution in [0.4, 0.5) is 11.4 Å². The normalized spacial score (nSPS) is 16.8. The van der Waals surface area contributed by atoms with Gasteiger partial charge in [0.25, 0.3) is 0 Å². The molecule has 0 aromatic heterocycles. The van der Waals surface area contributed by atoms with E-state index in [0.717, 1.165) is 5.69 Å². The van der Waals surface area contributed by atoms with Gasteiger partial charge >= 0.3 is 11.9 Å². The molecule has 1 fully saturated rings. The van der Waals surface area contributed by atoms with Crippen molar-refractivity contribution in [2.45, 2.75) is 0 Å². The Morgan fingerprint density at radius 3 is 2.43 bits per heavy atom. The lowest BCUT2D eigenvalue weighted by atomic mass is 10.1. The second kappa shape index (κ2) is 8.95. The average Bonchev–Trinajstić information content (AvgIpc) is 2.96. The predicted molar refractivity (Wildman–Crippen MR) is 106 cm³/mol. The number of benzene rings is 1. The number of anilines is 2. The topological polar surface area (TPSA) is 68.3 Å². The third kappa shape index (κ3) is 4.05. The number of halogens is 1. The second-order valence-corrected chi connectivity index (χ2v) is 6.48. The SMILES string of the molecule is COC(=O)C1=C(C(=O)OC)N(c2cc(Cl)ccc2N2CCOCC2)C=CC=C1. The summed E-state index contributed by atoms with van der Waals surface area (Å²) >= 11 is 6.27. The molecule has 148 valence electrons. The van der Waals surface area contributed by atoms with Gasteiger partial charge in [-0.1, -0.05) is 17.7 Å². The van der Waals surface area contributed by atoms with Gasteiger partial charge in [-0.05, 0) is 30.4 Å². The fourth-order valence-electron chi connectivity index (χ4n) is 3.11. The number of carbonyl (C=O) groups is 2. The molecule has 0 bridgehead atoms. The van der Waals surface area contributed by atoms with E-state index in [4.69, 9.17) is 25.8 Å². The molecule has 1 aromatic rings. The van der Waals surface area contributed by atoms with Crippen LogP contribution in [0.5, 0.6) is 0 Å². The lowest BCUT2D eigenvalue weighted by Crippen LogP contribution is -2.37. The van der Waals surface area contributed by atoms with Crippen molar-refractivity contribution in [3.63, 3.8) is 0 Å². The molecule has 0 atom stereocenters. The highest BCUT2D eigenvalue weighted by atomic mass is 35.5. The second-order valence-electron chi connectivity index (χ2n) is 6.05. The van der Waals surface area contributed by atoms with Crippen molar-refractivity contribution in [2.75, 3.05) is 50.3 Å². The summed E-state index contributed by atoms with van der Waals surface area (Å²) < 4.78 is 15.3. The van der Waals surface area contributed by atoms with Gasteiger partial charge in [-0.25, -0.2) is 9.59 Å². The van der Waals surface area contributed by atoms with Gasteiger partial charge in [-0.2, -0.15) is 0 Å². The van der Waals surface area contributed by atoms with E-state index >= 15 is 0 Å². The number of esters is 2. The molecule has 0 radical (unpaired) electrons. The van der Waals surface area contributed by atoms with Crippen molar-refractivity contribution in [3.05, 3.63) is 58.9 Å². The maximum atomic E-state index is 12.6. The minimum absolute atomic E-state index is 0.0520. The van der Waals surface area contributed by atoms with Crippen molar-refractivity contribution in [1.82, 2.24) is 0 Å². The zero-order valence-corrected chi connectivity index (χ0v) is 16.4. The van der Waals surface area contributed by atoms with Gasteiger partial charge in [-0.15, -0.1) is 0 Å². The van der Waals surface area contributed by atoms with E-state index in [-0.39, 0.29) is 11.3 Å². The van der Waals surface area contributed by atoms with Crippen LogP contribution in [0.2, 0.25) is 5.02 Å². The lowest BCUT2D eigenvalue weighted by Gasteiger charge is -2.33. The summed E-state index contributed by atoms with van der Waals surface area (Å²) in [7, 11) is 2.53. The Bertz CT molecular complexity index is 856. The van der Waals surface area contributed by atoms with Crippen LogP contribution in [0.25, 0.3) is 0 Å². The molecular weight excluding hydrogens is 384 g/mol. The predicted octanol–water partition coefficient (Wildman–Crippen LogP) is 2.67. The molecule has 28 heavy (non-hydrogen) atoms. The number of hydrogen-bond acceptors (Lipinski definition) is 7. The minimum Gasteiger partial charge on any atom is -0.465 e. The van der Waals surface area contributed by atoms with E-state index in [2.05, 4.69) is 4.90 Å². The largest absolute Gasteiger partial charge is 0.465 e. The van der Waals surface area contributed by atoms with Crippen molar-refractivity contribution >= 4 is 34.9 Å². The molecule has 2 aliphatic rings. The maximum Gasteiger partial charge on any atom is 0.355 e. The van der Waals surface area contributed by atoms with Crippen LogP contribution in [0.1, 0.15) is 0 Å². The van der Waals surface area contributed by atoms with E-state index in [1.165, 1.54) is 20.3 Å². The van der Waals surface area contributed by atoms with Crippen LogP contribution in [-0.4, -0.2) is 52.5 Å². The number of methoxy groups -OCH3 is 2. The number of carbonyl (C=O) groups excluding carboxylic acids is 2. The van der Waals surface area contributed by atoms with Crippen molar-refractivity contribution in [1.29, 1.82) is 0 Å². The fraction of sp³-hybridized carbons (Fsp3) is 0.300. The van der Waals surface area contributed by atoms with Crippen molar-refractivity contribution in [3.8, 4) is 0 Å². The molecule has 8 heteroatoms. The highest BCUT2D eigenvalue weighted by Gasteiger charge is 2.29. The Kier molecular flexibility index (Phi) is 6.38. The zero-order valence-electron chi connectivity index (χ0n) is 15.7. The molecule has 1 saturated heterocycles. The van der Waals surface area contributed by atoms with Crippen LogP contribution in [0, 0.1) is 0 Å². The Labute approximate surface area is 168 Å². The first-order valence-electron chi connectivity index (χ1n) is 8.74. The molecule has 0 unspecified atom stereocenters. The molecule has 3 rings (SSSR count). The fourth-order valence-corrected chi connectivity index (χ4v) is 3.28. The molecule has 0 spiro atoms. The number of ether oxygens (including phenoxy) is 3. The van der Waals surface area contributed by atoms with Gasteiger partial charge in [0, 0.05) is 24.3 Å². The van der Waals surface area contributed by atoms with Crippen LogP contribution in [0.15, 0.2) is 53.9 Å². The first-order chi connectivity index (χ1) is 13.6.